The third-order valence-corrected chi connectivity index (χ3v) is 4.41. The molecular weight excluding hydrogens is 307 g/mol. The van der Waals surface area contributed by atoms with Crippen molar-refractivity contribution in [1.82, 2.24) is 0 Å². The second kappa shape index (κ2) is 23.2. The summed E-state index contributed by atoms with van der Waals surface area (Å²) in [7, 11) is 0. The van der Waals surface area contributed by atoms with Crippen LogP contribution in [0.4, 0.5) is 0 Å². The molecule has 2 nitrogen and oxygen atoms in total. The summed E-state index contributed by atoms with van der Waals surface area (Å²) < 4.78 is 4.95. The summed E-state index contributed by atoms with van der Waals surface area (Å²) in [6.07, 6.45) is 23.0. The fraction of sp³-hybridized carbons (Fsp3) is 0.857. The monoisotopic (exact) mass is 348 g/mol. The van der Waals surface area contributed by atoms with Crippen molar-refractivity contribution in [2.24, 2.45) is 0 Å². The maximum atomic E-state index is 10.8. The molecule has 0 bridgehead atoms. The summed E-state index contributed by atoms with van der Waals surface area (Å²) in [6.45, 7) is 6.20. The van der Waals surface area contributed by atoms with Crippen molar-refractivity contribution in [1.29, 1.82) is 0 Å². The second-order valence-corrected chi connectivity index (χ2v) is 6.67. The zero-order valence-electron chi connectivity index (χ0n) is 17.6. The van der Waals surface area contributed by atoms with E-state index in [1.54, 1.807) is 0 Å². The van der Waals surface area contributed by atoms with Crippen molar-refractivity contribution in [3.8, 4) is 0 Å². The first-order valence-electron chi connectivity index (χ1n) is 10.1. The van der Waals surface area contributed by atoms with Crippen LogP contribution in [0.3, 0.4) is 0 Å². The molecule has 138 valence electrons. The van der Waals surface area contributed by atoms with Gasteiger partial charge in [0.15, 0.2) is 0 Å². The molecule has 0 rings (SSSR count). The van der Waals surface area contributed by atoms with Gasteiger partial charge in [-0.2, -0.15) is 0 Å². The normalized spacial score (nSPS) is 10.2. The van der Waals surface area contributed by atoms with E-state index in [9.17, 15) is 4.79 Å². The summed E-state index contributed by atoms with van der Waals surface area (Å²) in [5.74, 6) is -0.300. The van der Waals surface area contributed by atoms with Gasteiger partial charge >= 0.3 is 35.5 Å². The van der Waals surface area contributed by atoms with Crippen LogP contribution in [0.2, 0.25) is 0 Å². The first-order chi connectivity index (χ1) is 11.3. The van der Waals surface area contributed by atoms with Gasteiger partial charge in [0.2, 0.25) is 0 Å². The van der Waals surface area contributed by atoms with E-state index in [1.807, 2.05) is 0 Å². The Morgan fingerprint density at radius 2 is 1.08 bits per heavy atom. The van der Waals surface area contributed by atoms with E-state index in [1.165, 1.54) is 102 Å². The van der Waals surface area contributed by atoms with Crippen LogP contribution in [0.15, 0.2) is 12.7 Å². The molecule has 24 heavy (non-hydrogen) atoms. The average molecular weight is 349 g/mol. The molecule has 0 aliphatic carbocycles. The van der Waals surface area contributed by atoms with Gasteiger partial charge in [0, 0.05) is 6.08 Å². The summed E-state index contributed by atoms with van der Waals surface area (Å²) in [4.78, 5) is 10.8. The average Bonchev–Trinajstić information content (AvgIpc) is 2.57. The predicted octanol–water partition coefficient (Wildman–Crippen LogP) is 4.09. The van der Waals surface area contributed by atoms with Gasteiger partial charge in [0.25, 0.3) is 0 Å². The predicted molar refractivity (Wildman–Crippen MR) is 102 cm³/mol. The minimum atomic E-state index is -0.300. The number of ether oxygens (including phenoxy) is 1. The molecule has 0 radical (unpaired) electrons. The van der Waals surface area contributed by atoms with E-state index < -0.39 is 0 Å². The molecule has 0 unspecified atom stereocenters. The van der Waals surface area contributed by atoms with Crippen LogP contribution in [-0.4, -0.2) is 12.6 Å². The number of carbonyl (C=O) groups excluding carboxylic acids is 1. The Bertz CT molecular complexity index is 273. The van der Waals surface area contributed by atoms with Crippen molar-refractivity contribution in [2.75, 3.05) is 6.61 Å². The van der Waals surface area contributed by atoms with Crippen LogP contribution < -0.4 is 29.6 Å². The number of hydrogen-bond donors (Lipinski definition) is 0. The maximum absolute atomic E-state index is 10.8. The largest absolute Gasteiger partial charge is 1.00 e. The minimum absolute atomic E-state index is 0. The molecule has 0 saturated carbocycles. The molecule has 0 aromatic carbocycles. The van der Waals surface area contributed by atoms with Gasteiger partial charge in [0.05, 0.1) is 6.61 Å². The molecule has 0 spiro atoms. The van der Waals surface area contributed by atoms with Crippen molar-refractivity contribution in [3.05, 3.63) is 12.7 Å². The van der Waals surface area contributed by atoms with Crippen molar-refractivity contribution in [3.63, 3.8) is 0 Å². The Balaban J connectivity index is -0.00000242. The number of hydrogen-bond acceptors (Lipinski definition) is 2. The minimum Gasteiger partial charge on any atom is -1.00 e. The smallest absolute Gasteiger partial charge is 1.00 e. The molecule has 0 aromatic rings. The van der Waals surface area contributed by atoms with Gasteiger partial charge in [-0.1, -0.05) is 110 Å². The Hall–Kier alpha value is 0.210. The number of unbranched alkanes of at least 4 members (excludes halogenated alkanes) is 15. The molecule has 0 amide bonds. The third-order valence-electron chi connectivity index (χ3n) is 4.41. The van der Waals surface area contributed by atoms with Gasteiger partial charge in [-0.15, -0.1) is 0 Å². The van der Waals surface area contributed by atoms with E-state index >= 15 is 0 Å². The zero-order valence-corrected chi connectivity index (χ0v) is 18.6. The van der Waals surface area contributed by atoms with Crippen LogP contribution in [0.5, 0.6) is 0 Å². The molecule has 0 saturated heterocycles. The first kappa shape index (κ1) is 26.4. The van der Waals surface area contributed by atoms with Gasteiger partial charge in [-0.3, -0.25) is 0 Å². The molecule has 0 aliphatic rings. The van der Waals surface area contributed by atoms with E-state index in [0.717, 1.165) is 6.42 Å². The fourth-order valence-electron chi connectivity index (χ4n) is 2.88. The van der Waals surface area contributed by atoms with Crippen molar-refractivity contribution in [2.45, 2.75) is 110 Å². The third kappa shape index (κ3) is 22.2. The van der Waals surface area contributed by atoms with Gasteiger partial charge in [-0.05, 0) is 6.42 Å². The van der Waals surface area contributed by atoms with Crippen LogP contribution in [0.1, 0.15) is 111 Å². The van der Waals surface area contributed by atoms with E-state index in [0.29, 0.717) is 6.61 Å². The summed E-state index contributed by atoms with van der Waals surface area (Å²) >= 11 is 0. The van der Waals surface area contributed by atoms with E-state index in [-0.39, 0.29) is 37.0 Å². The summed E-state index contributed by atoms with van der Waals surface area (Å²) in [5, 5.41) is 0. The molecule has 0 fully saturated rings. The number of esters is 1. The first-order valence-corrected chi connectivity index (χ1v) is 10.1. The van der Waals surface area contributed by atoms with Crippen LogP contribution in [0.25, 0.3) is 0 Å². The Morgan fingerprint density at radius 1 is 0.750 bits per heavy atom. The number of rotatable bonds is 18. The molecule has 0 aromatic heterocycles. The Morgan fingerprint density at radius 3 is 1.42 bits per heavy atom. The van der Waals surface area contributed by atoms with Crippen molar-refractivity contribution >= 4 is 5.97 Å². The Labute approximate surface area is 175 Å². The van der Waals surface area contributed by atoms with Crippen LogP contribution in [-0.2, 0) is 9.53 Å². The maximum Gasteiger partial charge on any atom is 1.00 e. The molecule has 0 aliphatic heterocycles. The molecule has 0 heterocycles. The quantitative estimate of drug-likeness (QED) is 0.161. The zero-order chi connectivity index (χ0) is 17.0. The number of carbonyl (C=O) groups is 1. The van der Waals surface area contributed by atoms with Crippen LogP contribution in [0, 0.1) is 0 Å². The second-order valence-electron chi connectivity index (χ2n) is 6.67. The fourth-order valence-corrected chi connectivity index (χ4v) is 2.88. The van der Waals surface area contributed by atoms with Crippen LogP contribution >= 0.6 is 0 Å². The van der Waals surface area contributed by atoms with Crippen molar-refractivity contribution < 1.29 is 40.5 Å². The van der Waals surface area contributed by atoms with E-state index in [2.05, 4.69) is 13.5 Å². The topological polar surface area (TPSA) is 26.3 Å². The van der Waals surface area contributed by atoms with Gasteiger partial charge < -0.3 is 6.16 Å². The summed E-state index contributed by atoms with van der Waals surface area (Å²) in [6, 6.07) is 0. The molecular formula is C21H41NaO2. The van der Waals surface area contributed by atoms with Gasteiger partial charge in [-0.25, -0.2) is 4.79 Å². The van der Waals surface area contributed by atoms with Gasteiger partial charge in [0.1, 0.15) is 0 Å². The summed E-state index contributed by atoms with van der Waals surface area (Å²) in [5.41, 5.74) is 0. The standard InChI is InChI=1S/C21H40O2.Na.H/c1-3-5-6-7-8-9-10-11-12-13-14-15-16-17-18-19-20-23-21(22)4-2;;/h4H,2-3,5-20H2,1H3;;/q;+1;-1. The Kier molecular flexibility index (Phi) is 25.6. The molecule has 0 atom stereocenters. The SMILES string of the molecule is C=CC(=O)OCCCCCCCCCCCCCCCCCC.[H-].[Na+]. The molecule has 0 N–H and O–H groups in total. The molecule has 3 heteroatoms. The van der Waals surface area contributed by atoms with E-state index in [4.69, 9.17) is 4.74 Å².